The molecule has 2 aliphatic rings. The number of tetrazole rings is 1. The van der Waals surface area contributed by atoms with Gasteiger partial charge in [-0.2, -0.15) is 0 Å². The summed E-state index contributed by atoms with van der Waals surface area (Å²) in [5.74, 6) is 1.18. The number of nitrogens with zero attached hydrogens (tertiary/aromatic N) is 4. The Morgan fingerprint density at radius 1 is 1.24 bits per heavy atom. The van der Waals surface area contributed by atoms with Crippen LogP contribution in [0.4, 0.5) is 5.69 Å². The summed E-state index contributed by atoms with van der Waals surface area (Å²) >= 11 is 12.0. The summed E-state index contributed by atoms with van der Waals surface area (Å²) in [6.07, 6.45) is 3.19. The zero-order valence-electron chi connectivity index (χ0n) is 11.3. The molecule has 2 saturated carbocycles. The van der Waals surface area contributed by atoms with Crippen LogP contribution in [0, 0.1) is 5.92 Å². The molecule has 1 aromatic heterocycles. The van der Waals surface area contributed by atoms with Gasteiger partial charge >= 0.3 is 0 Å². The van der Waals surface area contributed by atoms with E-state index in [-0.39, 0.29) is 0 Å². The molecule has 1 unspecified atom stereocenters. The van der Waals surface area contributed by atoms with E-state index in [9.17, 15) is 0 Å². The highest BCUT2D eigenvalue weighted by molar-refractivity contribution is 6.50. The van der Waals surface area contributed by atoms with Crippen LogP contribution in [-0.4, -0.2) is 31.1 Å². The highest BCUT2D eigenvalue weighted by atomic mass is 35.5. The Bertz CT molecular complexity index is 648. The Morgan fingerprint density at radius 2 is 1.95 bits per heavy atom. The van der Waals surface area contributed by atoms with Crippen LogP contribution in [0.5, 0.6) is 0 Å². The van der Waals surface area contributed by atoms with Crippen molar-refractivity contribution < 1.29 is 0 Å². The van der Waals surface area contributed by atoms with E-state index >= 15 is 0 Å². The van der Waals surface area contributed by atoms with E-state index in [0.717, 1.165) is 42.9 Å². The molecule has 4 rings (SSSR count). The van der Waals surface area contributed by atoms with Gasteiger partial charge in [0.15, 0.2) is 5.82 Å². The van der Waals surface area contributed by atoms with Gasteiger partial charge in [0, 0.05) is 23.7 Å². The van der Waals surface area contributed by atoms with Gasteiger partial charge in [0.1, 0.15) is 4.33 Å². The van der Waals surface area contributed by atoms with Crippen LogP contribution >= 0.6 is 23.2 Å². The maximum absolute atomic E-state index is 6.02. The molecule has 0 radical (unpaired) electrons. The molecule has 0 spiro atoms. The summed E-state index contributed by atoms with van der Waals surface area (Å²) < 4.78 is 1.39. The first-order chi connectivity index (χ1) is 10.1. The first-order valence-electron chi connectivity index (χ1n) is 7.13. The number of nitrogens with one attached hydrogen (secondary N) is 1. The lowest BCUT2D eigenvalue weighted by molar-refractivity contribution is 0.615. The lowest BCUT2D eigenvalue weighted by Crippen LogP contribution is -2.07. The number of hydrogen-bond acceptors (Lipinski definition) is 4. The minimum absolute atomic E-state index is 0.336. The van der Waals surface area contributed by atoms with E-state index in [1.807, 2.05) is 28.9 Å². The van der Waals surface area contributed by atoms with Crippen molar-refractivity contribution >= 4 is 28.9 Å². The molecule has 0 bridgehead atoms. The Labute approximate surface area is 132 Å². The van der Waals surface area contributed by atoms with Gasteiger partial charge in [-0.3, -0.25) is 0 Å². The number of aromatic nitrogens is 4. The molecule has 7 heteroatoms. The van der Waals surface area contributed by atoms with Crippen molar-refractivity contribution in [1.29, 1.82) is 0 Å². The lowest BCUT2D eigenvalue weighted by Gasteiger charge is -2.07. The van der Waals surface area contributed by atoms with Crippen LogP contribution in [-0.2, 0) is 0 Å². The Morgan fingerprint density at radius 3 is 2.57 bits per heavy atom. The first-order valence-corrected chi connectivity index (χ1v) is 7.89. The molecule has 0 saturated heterocycles. The zero-order chi connectivity index (χ0) is 14.4. The second-order valence-corrected chi connectivity index (χ2v) is 7.34. The number of rotatable bonds is 5. The minimum atomic E-state index is -0.528. The fourth-order valence-electron chi connectivity index (χ4n) is 2.42. The monoisotopic (exact) mass is 323 g/mol. The van der Waals surface area contributed by atoms with Crippen LogP contribution in [0.25, 0.3) is 11.4 Å². The molecule has 0 amide bonds. The van der Waals surface area contributed by atoms with Crippen molar-refractivity contribution in [2.45, 2.75) is 29.6 Å². The number of halogens is 2. The SMILES string of the molecule is ClC1(Cl)CC1CNc1ccc(-c2nnnn2C2CC2)cc1. The van der Waals surface area contributed by atoms with Gasteiger partial charge in [-0.05, 0) is 54.0 Å². The van der Waals surface area contributed by atoms with E-state index < -0.39 is 4.33 Å². The average molecular weight is 324 g/mol. The van der Waals surface area contributed by atoms with Crippen LogP contribution < -0.4 is 5.32 Å². The van der Waals surface area contributed by atoms with Gasteiger partial charge in [-0.25, -0.2) is 4.68 Å². The van der Waals surface area contributed by atoms with Crippen molar-refractivity contribution in [2.24, 2.45) is 5.92 Å². The predicted octanol–water partition coefficient (Wildman–Crippen LogP) is 3.28. The topological polar surface area (TPSA) is 55.6 Å². The van der Waals surface area contributed by atoms with E-state index in [2.05, 4.69) is 20.8 Å². The van der Waals surface area contributed by atoms with Crippen molar-refractivity contribution in [2.75, 3.05) is 11.9 Å². The third-order valence-corrected chi connectivity index (χ3v) is 4.96. The smallest absolute Gasteiger partial charge is 0.182 e. The third kappa shape index (κ3) is 2.72. The molecular weight excluding hydrogens is 309 g/mol. The molecule has 0 aliphatic heterocycles. The molecule has 2 aliphatic carbocycles. The highest BCUT2D eigenvalue weighted by Crippen LogP contribution is 2.52. The van der Waals surface area contributed by atoms with Crippen molar-refractivity contribution in [3.05, 3.63) is 24.3 Å². The molecule has 2 aromatic rings. The zero-order valence-corrected chi connectivity index (χ0v) is 12.8. The Balaban J connectivity index is 1.44. The molecule has 2 fully saturated rings. The Hall–Kier alpha value is -1.33. The largest absolute Gasteiger partial charge is 0.385 e. The normalized spacial score (nSPS) is 23.0. The van der Waals surface area contributed by atoms with E-state index in [1.54, 1.807) is 0 Å². The lowest BCUT2D eigenvalue weighted by atomic mass is 10.2. The van der Waals surface area contributed by atoms with E-state index in [0.29, 0.717) is 12.0 Å². The van der Waals surface area contributed by atoms with Gasteiger partial charge in [-0.15, -0.1) is 28.3 Å². The van der Waals surface area contributed by atoms with Crippen LogP contribution in [0.3, 0.4) is 0 Å². The summed E-state index contributed by atoms with van der Waals surface area (Å²) in [6, 6.07) is 8.62. The predicted molar refractivity (Wildman–Crippen MR) is 82.6 cm³/mol. The maximum Gasteiger partial charge on any atom is 0.182 e. The molecular formula is C14H15Cl2N5. The molecule has 110 valence electrons. The van der Waals surface area contributed by atoms with Gasteiger partial charge in [-0.1, -0.05) is 0 Å². The maximum atomic E-state index is 6.02. The van der Waals surface area contributed by atoms with Gasteiger partial charge in [0.2, 0.25) is 0 Å². The molecule has 21 heavy (non-hydrogen) atoms. The van der Waals surface area contributed by atoms with Crippen molar-refractivity contribution in [3.8, 4) is 11.4 Å². The average Bonchev–Trinajstić information content (AvgIpc) is 3.36. The quantitative estimate of drug-likeness (QED) is 0.858. The van der Waals surface area contributed by atoms with Gasteiger partial charge < -0.3 is 5.32 Å². The fraction of sp³-hybridized carbons (Fsp3) is 0.500. The van der Waals surface area contributed by atoms with Gasteiger partial charge in [0.05, 0.1) is 6.04 Å². The van der Waals surface area contributed by atoms with Crippen LogP contribution in [0.2, 0.25) is 0 Å². The van der Waals surface area contributed by atoms with Gasteiger partial charge in [0.25, 0.3) is 0 Å². The van der Waals surface area contributed by atoms with Crippen molar-refractivity contribution in [1.82, 2.24) is 20.2 Å². The summed E-state index contributed by atoms with van der Waals surface area (Å²) in [7, 11) is 0. The summed E-state index contributed by atoms with van der Waals surface area (Å²) in [6.45, 7) is 0.798. The Kier molecular flexibility index (Phi) is 3.08. The number of benzene rings is 1. The van der Waals surface area contributed by atoms with Crippen LogP contribution in [0.15, 0.2) is 24.3 Å². The molecule has 1 aromatic carbocycles. The second-order valence-electron chi connectivity index (χ2n) is 5.80. The molecule has 1 heterocycles. The number of hydrogen-bond donors (Lipinski definition) is 1. The van der Waals surface area contributed by atoms with E-state index in [4.69, 9.17) is 23.2 Å². The number of anilines is 1. The van der Waals surface area contributed by atoms with Crippen LogP contribution in [0.1, 0.15) is 25.3 Å². The fourth-order valence-corrected chi connectivity index (χ4v) is 2.94. The third-order valence-electron chi connectivity index (χ3n) is 4.04. The summed E-state index contributed by atoms with van der Waals surface area (Å²) in [4.78, 5) is 0. The minimum Gasteiger partial charge on any atom is -0.385 e. The summed E-state index contributed by atoms with van der Waals surface area (Å²) in [5, 5.41) is 15.3. The standard InChI is InChI=1S/C14H15Cl2N5/c15-14(16)7-10(14)8-17-11-3-1-9(2-4-11)13-18-19-20-21(13)12-5-6-12/h1-4,10,12,17H,5-8H2. The highest BCUT2D eigenvalue weighted by Gasteiger charge is 2.51. The first kappa shape index (κ1) is 13.3. The second kappa shape index (κ2) is 4.85. The van der Waals surface area contributed by atoms with Crippen molar-refractivity contribution in [3.63, 3.8) is 0 Å². The molecule has 1 atom stereocenters. The molecule has 1 N–H and O–H groups in total. The molecule has 5 nitrogen and oxygen atoms in total. The summed E-state index contributed by atoms with van der Waals surface area (Å²) in [5.41, 5.74) is 2.09. The number of alkyl halides is 2. The van der Waals surface area contributed by atoms with E-state index in [1.165, 1.54) is 0 Å².